The van der Waals surface area contributed by atoms with Crippen LogP contribution < -0.4 is 14.8 Å². The third-order valence-corrected chi connectivity index (χ3v) is 7.67. The summed E-state index contributed by atoms with van der Waals surface area (Å²) in [6, 6.07) is 10.5. The zero-order valence-corrected chi connectivity index (χ0v) is 21.3. The highest BCUT2D eigenvalue weighted by Crippen LogP contribution is 2.30. The molecule has 2 aromatic rings. The lowest BCUT2D eigenvalue weighted by molar-refractivity contribution is -0.118. The summed E-state index contributed by atoms with van der Waals surface area (Å²) in [7, 11) is -3.58. The first-order valence-corrected chi connectivity index (χ1v) is 14.1. The van der Waals surface area contributed by atoms with Gasteiger partial charge in [-0.25, -0.2) is 22.9 Å². The monoisotopic (exact) mass is 515 g/mol. The first kappa shape index (κ1) is 26.0. The summed E-state index contributed by atoms with van der Waals surface area (Å²) in [5.74, 6) is 1.05. The van der Waals surface area contributed by atoms with Gasteiger partial charge in [0.25, 0.3) is 0 Å². The number of nitrogens with zero attached hydrogens (tertiary/aromatic N) is 3. The molecule has 1 aromatic carbocycles. The Morgan fingerprint density at radius 1 is 1.14 bits per heavy atom. The van der Waals surface area contributed by atoms with Gasteiger partial charge in [0, 0.05) is 18.2 Å². The van der Waals surface area contributed by atoms with Crippen LogP contribution in [0.1, 0.15) is 57.3 Å². The first-order chi connectivity index (χ1) is 17.3. The maximum Gasteiger partial charge on any atom is 0.324 e. The number of aromatic nitrogens is 2. The van der Waals surface area contributed by atoms with E-state index in [1.165, 1.54) is 4.90 Å². The molecular weight excluding hydrogens is 482 g/mol. The van der Waals surface area contributed by atoms with E-state index in [-0.39, 0.29) is 18.2 Å². The lowest BCUT2D eigenvalue weighted by Crippen LogP contribution is -2.32. The molecule has 1 atom stereocenters. The highest BCUT2D eigenvalue weighted by Gasteiger charge is 2.26. The summed E-state index contributed by atoms with van der Waals surface area (Å²) in [6.07, 6.45) is 4.48. The molecule has 36 heavy (non-hydrogen) atoms. The number of imide groups is 1. The van der Waals surface area contributed by atoms with Gasteiger partial charge in [0.1, 0.15) is 6.54 Å². The van der Waals surface area contributed by atoms with E-state index in [0.717, 1.165) is 18.4 Å². The van der Waals surface area contributed by atoms with Crippen molar-refractivity contribution in [3.05, 3.63) is 42.2 Å². The summed E-state index contributed by atoms with van der Waals surface area (Å²) in [5.41, 5.74) is 1.59. The number of urea groups is 1. The third-order valence-electron chi connectivity index (χ3n) is 6.20. The Hall–Kier alpha value is -3.05. The van der Waals surface area contributed by atoms with Crippen LogP contribution in [0.2, 0.25) is 0 Å². The molecule has 2 fully saturated rings. The fourth-order valence-electron chi connectivity index (χ4n) is 3.95. The van der Waals surface area contributed by atoms with Gasteiger partial charge in [-0.1, -0.05) is 43.7 Å². The molecule has 0 radical (unpaired) electrons. The van der Waals surface area contributed by atoms with Crippen LogP contribution in [0.3, 0.4) is 0 Å². The molecular formula is C25H33N5O5S. The fourth-order valence-corrected chi connectivity index (χ4v) is 5.35. The van der Waals surface area contributed by atoms with Crippen LogP contribution in [0.4, 0.5) is 4.79 Å². The molecule has 2 N–H and O–H groups in total. The number of hydrogen-bond donors (Lipinski definition) is 2. The van der Waals surface area contributed by atoms with Crippen LogP contribution in [-0.4, -0.2) is 60.7 Å². The van der Waals surface area contributed by atoms with Gasteiger partial charge in [0.05, 0.1) is 24.1 Å². The third kappa shape index (κ3) is 7.47. The number of hydrogen-bond acceptors (Lipinski definition) is 7. The summed E-state index contributed by atoms with van der Waals surface area (Å²) in [4.78, 5) is 33.5. The quantitative estimate of drug-likeness (QED) is 0.292. The number of sulfonamides is 1. The van der Waals surface area contributed by atoms with Crippen molar-refractivity contribution < 1.29 is 22.7 Å². The smallest absolute Gasteiger partial charge is 0.324 e. The van der Waals surface area contributed by atoms with E-state index >= 15 is 0 Å². The van der Waals surface area contributed by atoms with Gasteiger partial charge in [-0.2, -0.15) is 4.98 Å². The van der Waals surface area contributed by atoms with Gasteiger partial charge >= 0.3 is 6.03 Å². The molecule has 1 aliphatic heterocycles. The van der Waals surface area contributed by atoms with Gasteiger partial charge in [-0.15, -0.1) is 0 Å². The summed E-state index contributed by atoms with van der Waals surface area (Å²) >= 11 is 0. The number of amides is 3. The predicted octanol–water partition coefficient (Wildman–Crippen LogP) is 3.03. The molecule has 2 aliphatic rings. The van der Waals surface area contributed by atoms with Crippen molar-refractivity contribution in [2.75, 3.05) is 25.4 Å². The Morgan fingerprint density at radius 3 is 2.58 bits per heavy atom. The van der Waals surface area contributed by atoms with Crippen LogP contribution in [-0.2, 0) is 14.8 Å². The molecule has 1 saturated heterocycles. The lowest BCUT2D eigenvalue weighted by atomic mass is 10.1. The van der Waals surface area contributed by atoms with Crippen LogP contribution in [0.25, 0.3) is 11.3 Å². The van der Waals surface area contributed by atoms with Crippen molar-refractivity contribution >= 4 is 22.0 Å². The van der Waals surface area contributed by atoms with E-state index in [9.17, 15) is 18.0 Å². The van der Waals surface area contributed by atoms with Crippen LogP contribution in [0, 0.1) is 5.92 Å². The highest BCUT2D eigenvalue weighted by molar-refractivity contribution is 7.89. The van der Waals surface area contributed by atoms with Crippen LogP contribution >= 0.6 is 0 Å². The van der Waals surface area contributed by atoms with Crippen LogP contribution in [0.15, 0.2) is 36.4 Å². The van der Waals surface area contributed by atoms with E-state index in [1.807, 2.05) is 37.3 Å². The molecule has 194 valence electrons. The second-order valence-electron chi connectivity index (χ2n) is 9.30. The Morgan fingerprint density at radius 2 is 1.92 bits per heavy atom. The topological polar surface area (TPSA) is 131 Å². The minimum absolute atomic E-state index is 0.0436. The largest absolute Gasteiger partial charge is 0.477 e. The Bertz CT molecular complexity index is 1170. The Kier molecular flexibility index (Phi) is 8.52. The molecule has 4 rings (SSSR count). The molecule has 3 amide bonds. The Balaban J connectivity index is 1.37. The average molecular weight is 516 g/mol. The standard InChI is InChI=1S/C25H33N5O5S/c1-2-20(29-36(33,34)14-8-4-7-13-30-16-22(31)27-25(30)32)24-26-21(19-9-5-3-6-10-19)15-23(28-24)35-17-18-11-12-18/h3,5-6,9-10,15,18,20,29H,2,4,7-8,11-14,16-17H2,1H3,(H,27,31,32). The second kappa shape index (κ2) is 11.8. The van der Waals surface area contributed by atoms with Crippen molar-refractivity contribution in [3.8, 4) is 17.1 Å². The predicted molar refractivity (Wildman–Crippen MR) is 135 cm³/mol. The van der Waals surface area contributed by atoms with Crippen LogP contribution in [0.5, 0.6) is 5.88 Å². The number of unbranched alkanes of at least 4 members (excludes halogenated alkanes) is 2. The van der Waals surface area contributed by atoms with E-state index in [2.05, 4.69) is 20.0 Å². The van der Waals surface area contributed by atoms with Crippen molar-refractivity contribution in [2.24, 2.45) is 5.92 Å². The van der Waals surface area contributed by atoms with E-state index in [4.69, 9.17) is 4.74 Å². The molecule has 1 aromatic heterocycles. The molecule has 0 spiro atoms. The number of ether oxygens (including phenoxy) is 1. The van der Waals surface area contributed by atoms with Crippen molar-refractivity contribution in [2.45, 2.75) is 51.5 Å². The van der Waals surface area contributed by atoms with Gasteiger partial charge < -0.3 is 9.64 Å². The summed E-state index contributed by atoms with van der Waals surface area (Å²) in [6.45, 7) is 2.97. The molecule has 1 saturated carbocycles. The normalized spacial score (nSPS) is 16.8. The summed E-state index contributed by atoms with van der Waals surface area (Å²) in [5, 5.41) is 2.23. The van der Waals surface area contributed by atoms with E-state index < -0.39 is 22.1 Å². The molecule has 2 heterocycles. The lowest BCUT2D eigenvalue weighted by Gasteiger charge is -2.18. The number of nitrogens with one attached hydrogen (secondary N) is 2. The minimum atomic E-state index is -3.58. The number of carbonyl (C=O) groups is 2. The molecule has 1 aliphatic carbocycles. The maximum atomic E-state index is 12.8. The number of rotatable bonds is 14. The second-order valence-corrected chi connectivity index (χ2v) is 11.2. The molecule has 0 bridgehead atoms. The number of benzene rings is 1. The molecule has 11 heteroatoms. The van der Waals surface area contributed by atoms with Crippen molar-refractivity contribution in [1.82, 2.24) is 24.9 Å². The van der Waals surface area contributed by atoms with E-state index in [0.29, 0.717) is 62.2 Å². The minimum Gasteiger partial charge on any atom is -0.477 e. The van der Waals surface area contributed by atoms with Gasteiger partial charge in [0.2, 0.25) is 21.8 Å². The van der Waals surface area contributed by atoms with Gasteiger partial charge in [-0.3, -0.25) is 10.1 Å². The molecule has 1 unspecified atom stereocenters. The average Bonchev–Trinajstić information content (AvgIpc) is 3.64. The summed E-state index contributed by atoms with van der Waals surface area (Å²) < 4.78 is 34.4. The van der Waals surface area contributed by atoms with Crippen molar-refractivity contribution in [3.63, 3.8) is 0 Å². The Labute approximate surface area is 211 Å². The van der Waals surface area contributed by atoms with Gasteiger partial charge in [-0.05, 0) is 38.0 Å². The van der Waals surface area contributed by atoms with E-state index in [1.54, 1.807) is 6.07 Å². The van der Waals surface area contributed by atoms with Gasteiger partial charge in [0.15, 0.2) is 5.82 Å². The molecule has 10 nitrogen and oxygen atoms in total. The first-order valence-electron chi connectivity index (χ1n) is 12.5. The zero-order valence-electron chi connectivity index (χ0n) is 20.5. The fraction of sp³-hybridized carbons (Fsp3) is 0.520. The van der Waals surface area contributed by atoms with Crippen molar-refractivity contribution in [1.29, 1.82) is 0 Å². The maximum absolute atomic E-state index is 12.8. The SMILES string of the molecule is CCC(NS(=O)(=O)CCCCCN1CC(=O)NC1=O)c1nc(OCC2CC2)cc(-c2ccccc2)n1. The number of carbonyl (C=O) groups excluding carboxylic acids is 2. The zero-order chi connectivity index (χ0) is 25.5. The highest BCUT2D eigenvalue weighted by atomic mass is 32.2.